The molecule has 0 radical (unpaired) electrons. The third kappa shape index (κ3) is 6.17. The smallest absolute Gasteiger partial charge is 0.340 e. The Hall–Kier alpha value is -2.78. The Bertz CT molecular complexity index is 1200. The maximum atomic E-state index is 13.5. The summed E-state index contributed by atoms with van der Waals surface area (Å²) in [6.07, 6.45) is 0.897. The molecular formula is C21H23ClFN4O5P. The first kappa shape index (κ1) is 24.9. The summed E-state index contributed by atoms with van der Waals surface area (Å²) in [5.74, 6) is -0.376. The lowest BCUT2D eigenvalue weighted by Crippen LogP contribution is -2.18. The van der Waals surface area contributed by atoms with Crippen LogP contribution in [0, 0.1) is 5.82 Å². The lowest BCUT2D eigenvalue weighted by atomic mass is 10.2. The number of aromatic nitrogens is 2. The van der Waals surface area contributed by atoms with E-state index >= 15 is 0 Å². The number of anilines is 3. The molecule has 0 bridgehead atoms. The summed E-state index contributed by atoms with van der Waals surface area (Å²) < 4.78 is 41.9. The van der Waals surface area contributed by atoms with Gasteiger partial charge in [-0.1, -0.05) is 11.6 Å². The number of methoxy groups -OCH3 is 1. The van der Waals surface area contributed by atoms with Crippen LogP contribution in [0.15, 0.2) is 36.7 Å². The highest BCUT2D eigenvalue weighted by Gasteiger charge is 2.28. The molecule has 0 saturated carbocycles. The summed E-state index contributed by atoms with van der Waals surface area (Å²) in [5.41, 5.74) is 1.35. The van der Waals surface area contributed by atoms with E-state index in [-0.39, 0.29) is 18.2 Å². The molecule has 1 amide bonds. The minimum absolute atomic E-state index is 0.0407. The first-order chi connectivity index (χ1) is 15.8. The summed E-state index contributed by atoms with van der Waals surface area (Å²) in [6, 6.07) is 7.42. The fourth-order valence-electron chi connectivity index (χ4n) is 3.05. The highest BCUT2D eigenvalue weighted by atomic mass is 35.5. The van der Waals surface area contributed by atoms with Crippen LogP contribution in [0.3, 0.4) is 0 Å². The summed E-state index contributed by atoms with van der Waals surface area (Å²) in [5, 5.41) is 6.26. The van der Waals surface area contributed by atoms with E-state index in [2.05, 4.69) is 20.6 Å². The molecule has 12 heteroatoms. The van der Waals surface area contributed by atoms with Gasteiger partial charge in [0.1, 0.15) is 29.9 Å². The quantitative estimate of drug-likeness (QED) is 0.360. The highest BCUT2D eigenvalue weighted by Crippen LogP contribution is 2.48. The third-order valence-electron chi connectivity index (χ3n) is 4.40. The van der Waals surface area contributed by atoms with Crippen molar-refractivity contribution in [2.45, 2.75) is 13.8 Å². The van der Waals surface area contributed by atoms with Crippen molar-refractivity contribution in [3.8, 4) is 5.75 Å². The van der Waals surface area contributed by atoms with E-state index in [0.29, 0.717) is 33.8 Å². The molecule has 0 saturated heterocycles. The van der Waals surface area contributed by atoms with Crippen LogP contribution < -0.4 is 15.4 Å². The average Bonchev–Trinajstić information content (AvgIpc) is 2.76. The van der Waals surface area contributed by atoms with Gasteiger partial charge in [0.25, 0.3) is 0 Å². The van der Waals surface area contributed by atoms with E-state index < -0.39 is 25.5 Å². The van der Waals surface area contributed by atoms with Gasteiger partial charge in [0.2, 0.25) is 5.91 Å². The zero-order valence-corrected chi connectivity index (χ0v) is 19.9. The topological polar surface area (TPSA) is 112 Å². The van der Waals surface area contributed by atoms with E-state index in [1.165, 1.54) is 31.6 Å². The van der Waals surface area contributed by atoms with Crippen molar-refractivity contribution < 1.29 is 27.5 Å². The molecule has 9 nitrogen and oxygen atoms in total. The Morgan fingerprint density at radius 3 is 2.52 bits per heavy atom. The number of fused-ring (bicyclic) bond motifs is 1. The van der Waals surface area contributed by atoms with Crippen LogP contribution in [0.4, 0.5) is 21.6 Å². The van der Waals surface area contributed by atoms with Gasteiger partial charge in [0.15, 0.2) is 0 Å². The van der Waals surface area contributed by atoms with E-state index in [9.17, 15) is 13.8 Å². The minimum Gasteiger partial charge on any atom is -0.494 e. The number of ether oxygens (including phenoxy) is 1. The van der Waals surface area contributed by atoms with Crippen molar-refractivity contribution in [2.24, 2.45) is 0 Å². The molecule has 0 unspecified atom stereocenters. The Morgan fingerprint density at radius 2 is 1.88 bits per heavy atom. The Kier molecular flexibility index (Phi) is 8.20. The second-order valence-corrected chi connectivity index (χ2v) is 9.16. The Morgan fingerprint density at radius 1 is 1.15 bits per heavy atom. The number of rotatable bonds is 10. The molecule has 3 aromatic rings. The van der Waals surface area contributed by atoms with Gasteiger partial charge in [-0.15, -0.1) is 0 Å². The molecule has 0 aliphatic heterocycles. The van der Waals surface area contributed by atoms with Crippen molar-refractivity contribution in [3.05, 3.63) is 47.5 Å². The number of nitrogens with zero attached hydrogens (tertiary/aromatic N) is 2. The third-order valence-corrected chi connectivity index (χ3v) is 6.67. The van der Waals surface area contributed by atoms with Gasteiger partial charge in [0, 0.05) is 17.1 Å². The monoisotopic (exact) mass is 496 g/mol. The van der Waals surface area contributed by atoms with Gasteiger partial charge in [-0.2, -0.15) is 0 Å². The lowest BCUT2D eigenvalue weighted by Gasteiger charge is -2.17. The Labute approximate surface area is 195 Å². The maximum Gasteiger partial charge on any atom is 0.340 e. The SMILES string of the molecule is CCOP(=O)(CC(=O)Nc1cc2c(Nc3ccc(F)c(Cl)c3)ncnc2cc1OC)OCC. The van der Waals surface area contributed by atoms with Crippen LogP contribution in [0.2, 0.25) is 5.02 Å². The van der Waals surface area contributed by atoms with E-state index in [1.807, 2.05) is 0 Å². The van der Waals surface area contributed by atoms with Crippen molar-refractivity contribution in [1.29, 1.82) is 0 Å². The van der Waals surface area contributed by atoms with Crippen LogP contribution in [0.1, 0.15) is 13.8 Å². The first-order valence-electron chi connectivity index (χ1n) is 10.0. The summed E-state index contributed by atoms with van der Waals surface area (Å²) in [6.45, 7) is 3.62. The van der Waals surface area contributed by atoms with Crippen molar-refractivity contribution in [1.82, 2.24) is 9.97 Å². The zero-order chi connectivity index (χ0) is 24.0. The van der Waals surface area contributed by atoms with Gasteiger partial charge < -0.3 is 24.4 Å². The van der Waals surface area contributed by atoms with Crippen LogP contribution in [0.5, 0.6) is 5.75 Å². The van der Waals surface area contributed by atoms with Gasteiger partial charge in [-0.25, -0.2) is 14.4 Å². The molecule has 0 aliphatic carbocycles. The normalized spacial score (nSPS) is 11.4. The molecular weight excluding hydrogens is 474 g/mol. The predicted molar refractivity (Wildman–Crippen MR) is 125 cm³/mol. The largest absolute Gasteiger partial charge is 0.494 e. The number of amides is 1. The van der Waals surface area contributed by atoms with Crippen LogP contribution >= 0.6 is 19.2 Å². The number of carbonyl (C=O) groups is 1. The Balaban J connectivity index is 1.93. The van der Waals surface area contributed by atoms with Gasteiger partial charge >= 0.3 is 7.60 Å². The fourth-order valence-corrected chi connectivity index (χ4v) is 4.70. The molecule has 176 valence electrons. The summed E-state index contributed by atoms with van der Waals surface area (Å²) in [4.78, 5) is 21.1. The van der Waals surface area contributed by atoms with Crippen molar-refractivity contribution in [3.63, 3.8) is 0 Å². The number of hydrogen-bond acceptors (Lipinski definition) is 8. The molecule has 33 heavy (non-hydrogen) atoms. The zero-order valence-electron chi connectivity index (χ0n) is 18.2. The fraction of sp³-hybridized carbons (Fsp3) is 0.286. The van der Waals surface area contributed by atoms with Crippen LogP contribution in [-0.4, -0.2) is 42.4 Å². The van der Waals surface area contributed by atoms with Crippen LogP contribution in [-0.2, 0) is 18.4 Å². The number of carbonyl (C=O) groups excluding carboxylic acids is 1. The van der Waals surface area contributed by atoms with Gasteiger partial charge in [0.05, 0.1) is 36.6 Å². The maximum absolute atomic E-state index is 13.5. The minimum atomic E-state index is -3.58. The van der Waals surface area contributed by atoms with Crippen molar-refractivity contribution in [2.75, 3.05) is 37.1 Å². The number of nitrogens with one attached hydrogen (secondary N) is 2. The number of halogens is 2. The summed E-state index contributed by atoms with van der Waals surface area (Å²) >= 11 is 5.86. The van der Waals surface area contributed by atoms with E-state index in [4.69, 9.17) is 25.4 Å². The molecule has 1 aromatic heterocycles. The van der Waals surface area contributed by atoms with Gasteiger partial charge in [-0.3, -0.25) is 9.36 Å². The molecule has 0 atom stereocenters. The predicted octanol–water partition coefficient (Wildman–Crippen LogP) is 5.38. The lowest BCUT2D eigenvalue weighted by molar-refractivity contribution is -0.114. The van der Waals surface area contributed by atoms with E-state index in [1.54, 1.807) is 26.0 Å². The molecule has 0 fully saturated rings. The second kappa shape index (κ2) is 10.9. The standard InChI is InChI=1S/C21H23ClFN4O5P/c1-4-31-33(29,32-5-2)11-20(28)27-18-9-14-17(10-19(18)30-3)24-12-25-21(14)26-13-6-7-16(23)15(22)8-13/h6-10,12H,4-5,11H2,1-3H3,(H,27,28)(H,24,25,26). The molecule has 3 rings (SSSR count). The number of benzene rings is 2. The molecule has 2 aromatic carbocycles. The van der Waals surface area contributed by atoms with Gasteiger partial charge in [-0.05, 0) is 38.1 Å². The second-order valence-electron chi connectivity index (χ2n) is 6.70. The summed E-state index contributed by atoms with van der Waals surface area (Å²) in [7, 11) is -2.13. The molecule has 1 heterocycles. The molecule has 0 aliphatic rings. The van der Waals surface area contributed by atoms with Crippen molar-refractivity contribution >= 4 is 53.2 Å². The average molecular weight is 497 g/mol. The van der Waals surface area contributed by atoms with Crippen LogP contribution in [0.25, 0.3) is 10.9 Å². The number of hydrogen-bond donors (Lipinski definition) is 2. The van der Waals surface area contributed by atoms with E-state index in [0.717, 1.165) is 0 Å². The highest BCUT2D eigenvalue weighted by molar-refractivity contribution is 7.54. The molecule has 0 spiro atoms. The first-order valence-corrected chi connectivity index (χ1v) is 12.1. The molecule has 2 N–H and O–H groups in total.